The van der Waals surface area contributed by atoms with Crippen LogP contribution in [0.15, 0.2) is 35.1 Å². The van der Waals surface area contributed by atoms with Crippen molar-refractivity contribution in [1.29, 1.82) is 5.26 Å². The Morgan fingerprint density at radius 3 is 2.46 bits per heavy atom. The van der Waals surface area contributed by atoms with E-state index in [4.69, 9.17) is 0 Å². The van der Waals surface area contributed by atoms with E-state index in [-0.39, 0.29) is 17.2 Å². The Balaban J connectivity index is 2.00. The number of nitriles is 1. The van der Waals surface area contributed by atoms with Gasteiger partial charge in [-0.3, -0.25) is 14.3 Å². The molecule has 0 aliphatic heterocycles. The molecule has 1 aromatic carbocycles. The number of anilines is 1. The zero-order valence-corrected chi connectivity index (χ0v) is 13.9. The molecule has 1 amide bonds. The Morgan fingerprint density at radius 1 is 1.25 bits per heavy atom. The van der Waals surface area contributed by atoms with Crippen LogP contribution in [0.3, 0.4) is 0 Å². The van der Waals surface area contributed by atoms with Crippen LogP contribution in [-0.2, 0) is 11.8 Å². The van der Waals surface area contributed by atoms with Gasteiger partial charge in [0.2, 0.25) is 5.91 Å². The van der Waals surface area contributed by atoms with Crippen LogP contribution in [0.4, 0.5) is 5.69 Å². The third-order valence-electron chi connectivity index (χ3n) is 4.90. The van der Waals surface area contributed by atoms with Crippen molar-refractivity contribution in [3.63, 3.8) is 0 Å². The molecule has 0 bridgehead atoms. The van der Waals surface area contributed by atoms with E-state index in [1.807, 2.05) is 30.3 Å². The summed E-state index contributed by atoms with van der Waals surface area (Å²) in [7, 11) is 1.77. The molecule has 124 valence electrons. The second-order valence-electron chi connectivity index (χ2n) is 6.29. The SMILES string of the molecule is Cc1c(NC(=O)C2(C#N)CCCC2)c(=O)n(-c2ccccc2)n1C. The molecule has 0 atom stereocenters. The third-order valence-corrected chi connectivity index (χ3v) is 4.90. The van der Waals surface area contributed by atoms with Gasteiger partial charge in [-0.05, 0) is 31.9 Å². The first kappa shape index (κ1) is 16.1. The molecule has 1 aromatic heterocycles. The molecule has 6 heteroatoms. The van der Waals surface area contributed by atoms with Gasteiger partial charge in [0.1, 0.15) is 11.1 Å². The molecular formula is C18H20N4O2. The van der Waals surface area contributed by atoms with Gasteiger partial charge in [0.15, 0.2) is 0 Å². The van der Waals surface area contributed by atoms with Crippen molar-refractivity contribution in [2.24, 2.45) is 12.5 Å². The van der Waals surface area contributed by atoms with Crippen LogP contribution in [0, 0.1) is 23.7 Å². The van der Waals surface area contributed by atoms with Gasteiger partial charge in [-0.1, -0.05) is 31.0 Å². The average Bonchev–Trinajstić information content (AvgIpc) is 3.16. The number of rotatable bonds is 3. The Hall–Kier alpha value is -2.81. The lowest BCUT2D eigenvalue weighted by atomic mass is 9.87. The predicted molar refractivity (Wildman–Crippen MR) is 90.9 cm³/mol. The first-order chi connectivity index (χ1) is 11.5. The van der Waals surface area contributed by atoms with Crippen LogP contribution in [0.2, 0.25) is 0 Å². The van der Waals surface area contributed by atoms with Gasteiger partial charge >= 0.3 is 0 Å². The average molecular weight is 324 g/mol. The van der Waals surface area contributed by atoms with Crippen LogP contribution in [0.25, 0.3) is 5.69 Å². The molecule has 3 rings (SSSR count). The molecule has 0 spiro atoms. The summed E-state index contributed by atoms with van der Waals surface area (Å²) in [6.45, 7) is 1.78. The molecule has 1 aliphatic carbocycles. The first-order valence-electron chi connectivity index (χ1n) is 8.07. The highest BCUT2D eigenvalue weighted by atomic mass is 16.2. The summed E-state index contributed by atoms with van der Waals surface area (Å²) in [4.78, 5) is 25.4. The van der Waals surface area contributed by atoms with Crippen molar-refractivity contribution < 1.29 is 4.79 Å². The molecule has 1 saturated carbocycles. The molecular weight excluding hydrogens is 304 g/mol. The third kappa shape index (κ3) is 2.42. The van der Waals surface area contributed by atoms with Gasteiger partial charge < -0.3 is 5.32 Å². The Morgan fingerprint density at radius 2 is 1.88 bits per heavy atom. The van der Waals surface area contributed by atoms with E-state index in [1.54, 1.807) is 18.7 Å². The molecule has 0 radical (unpaired) electrons. The van der Waals surface area contributed by atoms with Crippen molar-refractivity contribution in [3.8, 4) is 11.8 Å². The minimum absolute atomic E-state index is 0.243. The van der Waals surface area contributed by atoms with Gasteiger partial charge in [-0.15, -0.1) is 0 Å². The summed E-state index contributed by atoms with van der Waals surface area (Å²) >= 11 is 0. The maximum atomic E-state index is 12.8. The van der Waals surface area contributed by atoms with E-state index in [2.05, 4.69) is 11.4 Å². The molecule has 6 nitrogen and oxygen atoms in total. The number of benzene rings is 1. The lowest BCUT2D eigenvalue weighted by Gasteiger charge is -2.18. The minimum Gasteiger partial charge on any atom is -0.319 e. The van der Waals surface area contributed by atoms with Gasteiger partial charge in [0, 0.05) is 7.05 Å². The van der Waals surface area contributed by atoms with Crippen molar-refractivity contribution >= 4 is 11.6 Å². The van der Waals surface area contributed by atoms with Crippen molar-refractivity contribution in [2.75, 3.05) is 5.32 Å². The maximum Gasteiger partial charge on any atom is 0.295 e. The molecule has 1 heterocycles. The van der Waals surface area contributed by atoms with Crippen LogP contribution in [0.1, 0.15) is 31.4 Å². The highest BCUT2D eigenvalue weighted by Gasteiger charge is 2.42. The number of hydrogen-bond acceptors (Lipinski definition) is 3. The molecule has 2 aromatic rings. The van der Waals surface area contributed by atoms with E-state index in [9.17, 15) is 14.9 Å². The van der Waals surface area contributed by atoms with E-state index >= 15 is 0 Å². The summed E-state index contributed by atoms with van der Waals surface area (Å²) in [5.41, 5.74) is 0.327. The number of para-hydroxylation sites is 1. The van der Waals surface area contributed by atoms with Crippen molar-refractivity contribution in [2.45, 2.75) is 32.6 Å². The fraction of sp³-hybridized carbons (Fsp3) is 0.389. The quantitative estimate of drug-likeness (QED) is 0.942. The first-order valence-corrected chi connectivity index (χ1v) is 8.07. The van der Waals surface area contributed by atoms with Gasteiger partial charge in [0.05, 0.1) is 17.5 Å². The fourth-order valence-electron chi connectivity index (χ4n) is 3.31. The number of nitrogens with one attached hydrogen (secondary N) is 1. The van der Waals surface area contributed by atoms with Crippen LogP contribution < -0.4 is 10.9 Å². The highest BCUT2D eigenvalue weighted by Crippen LogP contribution is 2.38. The van der Waals surface area contributed by atoms with Gasteiger partial charge in [0.25, 0.3) is 5.56 Å². The second kappa shape index (κ2) is 6.00. The number of aromatic nitrogens is 2. The number of carbonyl (C=O) groups excluding carboxylic acids is 1. The molecule has 24 heavy (non-hydrogen) atoms. The fourth-order valence-corrected chi connectivity index (χ4v) is 3.31. The van der Waals surface area contributed by atoms with Crippen molar-refractivity contribution in [3.05, 3.63) is 46.4 Å². The molecule has 0 unspecified atom stereocenters. The maximum absolute atomic E-state index is 12.8. The molecule has 1 fully saturated rings. The van der Waals surface area contributed by atoms with Crippen LogP contribution in [-0.4, -0.2) is 15.3 Å². The molecule has 0 saturated heterocycles. The lowest BCUT2D eigenvalue weighted by Crippen LogP contribution is -2.34. The lowest BCUT2D eigenvalue weighted by molar-refractivity contribution is -0.122. The smallest absolute Gasteiger partial charge is 0.295 e. The monoisotopic (exact) mass is 324 g/mol. The Bertz CT molecular complexity index is 865. The number of nitrogens with zero attached hydrogens (tertiary/aromatic N) is 3. The number of carbonyl (C=O) groups is 1. The zero-order valence-electron chi connectivity index (χ0n) is 13.9. The molecule has 1 aliphatic rings. The van der Waals surface area contributed by atoms with E-state index in [0.717, 1.165) is 18.5 Å². The number of hydrogen-bond donors (Lipinski definition) is 1. The predicted octanol–water partition coefficient (Wildman–Crippen LogP) is 2.51. The standard InChI is InChI=1S/C18H20N4O2/c1-13-15(20-17(24)18(12-19)10-6-7-11-18)16(23)22(21(13)2)14-8-4-3-5-9-14/h3-5,8-9H,6-7,10-11H2,1-2H3,(H,20,24). The molecule has 1 N–H and O–H groups in total. The van der Waals surface area contributed by atoms with Crippen LogP contribution in [0.5, 0.6) is 0 Å². The summed E-state index contributed by atoms with van der Waals surface area (Å²) in [6, 6.07) is 11.4. The minimum atomic E-state index is -1.01. The summed E-state index contributed by atoms with van der Waals surface area (Å²) in [5.74, 6) is -0.367. The van der Waals surface area contributed by atoms with E-state index in [1.165, 1.54) is 4.68 Å². The van der Waals surface area contributed by atoms with E-state index < -0.39 is 5.41 Å². The summed E-state index contributed by atoms with van der Waals surface area (Å²) in [6.07, 6.45) is 2.83. The summed E-state index contributed by atoms with van der Waals surface area (Å²) < 4.78 is 3.22. The highest BCUT2D eigenvalue weighted by molar-refractivity contribution is 5.97. The Kier molecular flexibility index (Phi) is 4.02. The normalized spacial score (nSPS) is 15.9. The number of amides is 1. The van der Waals surface area contributed by atoms with Crippen LogP contribution >= 0.6 is 0 Å². The Labute approximate surface area is 140 Å². The van der Waals surface area contributed by atoms with Crippen molar-refractivity contribution in [1.82, 2.24) is 9.36 Å². The van der Waals surface area contributed by atoms with E-state index in [0.29, 0.717) is 18.5 Å². The largest absolute Gasteiger partial charge is 0.319 e. The second-order valence-corrected chi connectivity index (χ2v) is 6.29. The summed E-state index contributed by atoms with van der Waals surface area (Å²) in [5, 5.41) is 12.2. The van der Waals surface area contributed by atoms with Gasteiger partial charge in [-0.2, -0.15) is 5.26 Å². The topological polar surface area (TPSA) is 79.8 Å². The zero-order chi connectivity index (χ0) is 17.3. The van der Waals surface area contributed by atoms with Gasteiger partial charge in [-0.25, -0.2) is 4.68 Å².